The van der Waals surface area contributed by atoms with Crippen LogP contribution in [0.1, 0.15) is 24.1 Å². The largest absolute Gasteiger partial charge is 0.348 e. The van der Waals surface area contributed by atoms with Crippen LogP contribution >= 0.6 is 23.6 Å². The number of rotatable bonds is 5. The molecule has 1 unspecified atom stereocenters. The lowest BCUT2D eigenvalue weighted by Crippen LogP contribution is -2.30. The number of benzene rings is 1. The van der Waals surface area contributed by atoms with Crippen LogP contribution in [0, 0.1) is 11.7 Å². The highest BCUT2D eigenvalue weighted by Gasteiger charge is 2.15. The maximum Gasteiger partial charge on any atom is 0.240 e. The van der Waals surface area contributed by atoms with E-state index in [1.165, 1.54) is 5.56 Å². The van der Waals surface area contributed by atoms with Gasteiger partial charge in [0, 0.05) is 0 Å². The van der Waals surface area contributed by atoms with Crippen LogP contribution in [0.3, 0.4) is 0 Å². The first-order valence-corrected chi connectivity index (χ1v) is 8.88. The lowest BCUT2D eigenvalue weighted by molar-refractivity contribution is -0.122. The molecule has 0 aliphatic rings. The number of carbonyl (C=O) groups is 1. The molecule has 3 rings (SSSR count). The molecule has 3 aromatic rings. The second-order valence-corrected chi connectivity index (χ2v) is 6.95. The van der Waals surface area contributed by atoms with Gasteiger partial charge in [0.15, 0.2) is 10.6 Å². The fourth-order valence-electron chi connectivity index (χ4n) is 2.43. The Balaban J connectivity index is 1.73. The molecule has 124 valence electrons. The molecule has 0 spiro atoms. The third kappa shape index (κ3) is 3.63. The standard InChI is InChI=1S/C17H18N4OS2/c1-11-5-7-13(8-6-11)12(2)18-15(22)10-21-16(19-20-17(21)23)14-4-3-9-24-14/h3-9,12H,10H2,1-2H3,(H,18,22)(H,20,23). The summed E-state index contributed by atoms with van der Waals surface area (Å²) in [6, 6.07) is 12.0. The van der Waals surface area contributed by atoms with Crippen molar-refractivity contribution in [3.63, 3.8) is 0 Å². The number of amides is 1. The zero-order valence-electron chi connectivity index (χ0n) is 13.4. The van der Waals surface area contributed by atoms with Crippen molar-refractivity contribution in [3.8, 4) is 10.7 Å². The highest BCUT2D eigenvalue weighted by atomic mass is 32.1. The Morgan fingerprint density at radius 2 is 2.12 bits per heavy atom. The Labute approximate surface area is 149 Å². The maximum absolute atomic E-state index is 12.4. The van der Waals surface area contributed by atoms with Crippen LogP contribution in [0.15, 0.2) is 41.8 Å². The van der Waals surface area contributed by atoms with Gasteiger partial charge < -0.3 is 5.32 Å². The number of hydrogen-bond donors (Lipinski definition) is 2. The minimum atomic E-state index is -0.0987. The molecule has 2 N–H and O–H groups in total. The molecule has 5 nitrogen and oxygen atoms in total. The second-order valence-electron chi connectivity index (χ2n) is 5.62. The molecular formula is C17H18N4OS2. The van der Waals surface area contributed by atoms with E-state index >= 15 is 0 Å². The molecule has 0 radical (unpaired) electrons. The number of nitrogens with zero attached hydrogens (tertiary/aromatic N) is 2. The fourth-order valence-corrected chi connectivity index (χ4v) is 3.35. The highest BCUT2D eigenvalue weighted by molar-refractivity contribution is 7.71. The van der Waals surface area contributed by atoms with Gasteiger partial charge in [-0.1, -0.05) is 35.9 Å². The van der Waals surface area contributed by atoms with Gasteiger partial charge >= 0.3 is 0 Å². The minimum absolute atomic E-state index is 0.0654. The summed E-state index contributed by atoms with van der Waals surface area (Å²) in [4.78, 5) is 13.4. The molecule has 0 aliphatic heterocycles. The van der Waals surface area contributed by atoms with Gasteiger partial charge in [-0.3, -0.25) is 14.5 Å². The Morgan fingerprint density at radius 3 is 2.79 bits per heavy atom. The molecule has 2 aromatic heterocycles. The monoisotopic (exact) mass is 358 g/mol. The van der Waals surface area contributed by atoms with E-state index < -0.39 is 0 Å². The third-order valence-corrected chi connectivity index (χ3v) is 4.93. The first-order chi connectivity index (χ1) is 11.5. The Hall–Kier alpha value is -2.25. The summed E-state index contributed by atoms with van der Waals surface area (Å²) in [6.45, 7) is 4.15. The summed E-state index contributed by atoms with van der Waals surface area (Å²) in [5.74, 6) is 0.589. The summed E-state index contributed by atoms with van der Waals surface area (Å²) >= 11 is 6.82. The van der Waals surface area contributed by atoms with Gasteiger partial charge in [-0.25, -0.2) is 0 Å². The SMILES string of the molecule is Cc1ccc(C(C)NC(=O)Cn2c(-c3cccs3)n[nH]c2=S)cc1. The van der Waals surface area contributed by atoms with Gasteiger partial charge in [0.2, 0.25) is 5.91 Å². The zero-order valence-corrected chi connectivity index (χ0v) is 15.1. The number of aromatic nitrogens is 3. The number of H-pyrrole nitrogens is 1. The van der Waals surface area contributed by atoms with Crippen LogP contribution in [0.2, 0.25) is 0 Å². The average molecular weight is 358 g/mol. The lowest BCUT2D eigenvalue weighted by atomic mass is 10.1. The van der Waals surface area contributed by atoms with E-state index in [9.17, 15) is 4.79 Å². The number of aromatic amines is 1. The fraction of sp³-hybridized carbons (Fsp3) is 0.235. The molecule has 1 amide bonds. The van der Waals surface area contributed by atoms with Crippen molar-refractivity contribution in [2.75, 3.05) is 0 Å². The van der Waals surface area contributed by atoms with E-state index in [-0.39, 0.29) is 18.5 Å². The van der Waals surface area contributed by atoms with Crippen LogP contribution in [-0.4, -0.2) is 20.7 Å². The average Bonchev–Trinajstić information content (AvgIpc) is 3.19. The molecule has 0 fully saturated rings. The van der Waals surface area contributed by atoms with Gasteiger partial charge in [0.05, 0.1) is 10.9 Å². The van der Waals surface area contributed by atoms with Gasteiger partial charge in [0.25, 0.3) is 0 Å². The maximum atomic E-state index is 12.4. The van der Waals surface area contributed by atoms with Gasteiger partial charge in [-0.05, 0) is 43.1 Å². The molecule has 1 atom stereocenters. The quantitative estimate of drug-likeness (QED) is 0.681. The minimum Gasteiger partial charge on any atom is -0.348 e. The molecule has 0 saturated heterocycles. The van der Waals surface area contributed by atoms with Gasteiger partial charge in [0.1, 0.15) is 6.54 Å². The number of hydrogen-bond acceptors (Lipinski definition) is 4. The van der Waals surface area contributed by atoms with Gasteiger partial charge in [-0.2, -0.15) is 5.10 Å². The van der Waals surface area contributed by atoms with Crippen molar-refractivity contribution < 1.29 is 4.79 Å². The second kappa shape index (κ2) is 7.11. The summed E-state index contributed by atoms with van der Waals surface area (Å²) in [7, 11) is 0. The van der Waals surface area contributed by atoms with E-state index in [4.69, 9.17) is 12.2 Å². The van der Waals surface area contributed by atoms with E-state index in [0.29, 0.717) is 10.6 Å². The molecule has 2 heterocycles. The molecule has 0 aliphatic carbocycles. The number of thiophene rings is 1. The topological polar surface area (TPSA) is 62.7 Å². The van der Waals surface area contributed by atoms with Crippen molar-refractivity contribution in [2.45, 2.75) is 26.4 Å². The molecule has 7 heteroatoms. The van der Waals surface area contributed by atoms with Crippen LogP contribution in [0.5, 0.6) is 0 Å². The van der Waals surface area contributed by atoms with Crippen molar-refractivity contribution in [1.29, 1.82) is 0 Å². The predicted molar refractivity (Wildman–Crippen MR) is 98.5 cm³/mol. The lowest BCUT2D eigenvalue weighted by Gasteiger charge is -2.15. The van der Waals surface area contributed by atoms with Crippen LogP contribution < -0.4 is 5.32 Å². The van der Waals surface area contributed by atoms with Crippen LogP contribution in [0.25, 0.3) is 10.7 Å². The first kappa shape index (κ1) is 16.6. The van der Waals surface area contributed by atoms with Gasteiger partial charge in [-0.15, -0.1) is 11.3 Å². The molecular weight excluding hydrogens is 340 g/mol. The Morgan fingerprint density at radius 1 is 1.38 bits per heavy atom. The van der Waals surface area contributed by atoms with Crippen molar-refractivity contribution in [3.05, 3.63) is 57.7 Å². The summed E-state index contributed by atoms with van der Waals surface area (Å²) in [5, 5.41) is 12.0. The summed E-state index contributed by atoms with van der Waals surface area (Å²) in [5.41, 5.74) is 2.27. The van der Waals surface area contributed by atoms with Crippen LogP contribution in [-0.2, 0) is 11.3 Å². The van der Waals surface area contributed by atoms with Crippen molar-refractivity contribution in [2.24, 2.45) is 0 Å². The highest BCUT2D eigenvalue weighted by Crippen LogP contribution is 2.22. The Bertz CT molecular complexity index is 878. The van der Waals surface area contributed by atoms with E-state index in [1.807, 2.05) is 55.6 Å². The summed E-state index contributed by atoms with van der Waals surface area (Å²) < 4.78 is 2.16. The summed E-state index contributed by atoms with van der Waals surface area (Å²) in [6.07, 6.45) is 0. The normalized spacial score (nSPS) is 12.1. The first-order valence-electron chi connectivity index (χ1n) is 7.59. The number of aryl methyl sites for hydroxylation is 1. The van der Waals surface area contributed by atoms with E-state index in [0.717, 1.165) is 10.4 Å². The number of carbonyl (C=O) groups excluding carboxylic acids is 1. The molecule has 0 saturated carbocycles. The van der Waals surface area contributed by atoms with E-state index in [2.05, 4.69) is 15.5 Å². The molecule has 0 bridgehead atoms. The smallest absolute Gasteiger partial charge is 0.240 e. The third-order valence-electron chi connectivity index (χ3n) is 3.76. The van der Waals surface area contributed by atoms with Crippen molar-refractivity contribution >= 4 is 29.5 Å². The zero-order chi connectivity index (χ0) is 17.1. The van der Waals surface area contributed by atoms with Crippen LogP contribution in [0.4, 0.5) is 0 Å². The predicted octanol–water partition coefficient (Wildman–Crippen LogP) is 3.86. The number of nitrogens with one attached hydrogen (secondary N) is 2. The van der Waals surface area contributed by atoms with E-state index in [1.54, 1.807) is 15.9 Å². The Kier molecular flexibility index (Phi) is 4.92. The molecule has 24 heavy (non-hydrogen) atoms. The molecule has 1 aromatic carbocycles. The van der Waals surface area contributed by atoms with Crippen molar-refractivity contribution in [1.82, 2.24) is 20.1 Å².